The van der Waals surface area contributed by atoms with Crippen molar-refractivity contribution in [3.05, 3.63) is 81.9 Å². The molecular weight excluding hydrogens is 413 g/mol. The van der Waals surface area contributed by atoms with E-state index in [0.717, 1.165) is 18.5 Å². The van der Waals surface area contributed by atoms with Gasteiger partial charge in [-0.1, -0.05) is 0 Å². The number of esters is 1. The van der Waals surface area contributed by atoms with Crippen LogP contribution in [-0.2, 0) is 4.74 Å². The zero-order valence-electron chi connectivity index (χ0n) is 15.9. The maximum absolute atomic E-state index is 13.0. The number of rotatable bonds is 7. The number of hydrogen-bond donors (Lipinski definition) is 2. The van der Waals surface area contributed by atoms with Crippen molar-refractivity contribution >= 4 is 23.4 Å². The van der Waals surface area contributed by atoms with Crippen LogP contribution in [0.2, 0.25) is 0 Å². The molecule has 0 saturated carbocycles. The van der Waals surface area contributed by atoms with Gasteiger partial charge >= 0.3 is 17.5 Å². The van der Waals surface area contributed by atoms with E-state index in [4.69, 9.17) is 4.74 Å². The van der Waals surface area contributed by atoms with Gasteiger partial charge in [0, 0.05) is 5.56 Å². The Kier molecular flexibility index (Phi) is 6.30. The highest BCUT2D eigenvalue weighted by Crippen LogP contribution is 2.33. The van der Waals surface area contributed by atoms with E-state index in [0.29, 0.717) is 0 Å². The summed E-state index contributed by atoms with van der Waals surface area (Å²) in [5.41, 5.74) is 4.31. The van der Waals surface area contributed by atoms with Gasteiger partial charge < -0.3 is 9.47 Å². The van der Waals surface area contributed by atoms with Crippen LogP contribution in [0.3, 0.4) is 0 Å². The van der Waals surface area contributed by atoms with E-state index in [1.165, 1.54) is 43.5 Å². The van der Waals surface area contributed by atoms with Gasteiger partial charge in [0.2, 0.25) is 5.82 Å². The van der Waals surface area contributed by atoms with Crippen LogP contribution in [0.5, 0.6) is 11.6 Å². The Morgan fingerprint density at radius 1 is 1.03 bits per heavy atom. The normalized spacial score (nSPS) is 10.1. The lowest BCUT2D eigenvalue weighted by molar-refractivity contribution is -0.385. The van der Waals surface area contributed by atoms with Gasteiger partial charge in [-0.2, -0.15) is 4.98 Å². The molecule has 0 radical (unpaired) electrons. The molecule has 0 spiro atoms. The van der Waals surface area contributed by atoms with Crippen molar-refractivity contribution in [1.82, 2.24) is 15.4 Å². The molecule has 1 heterocycles. The van der Waals surface area contributed by atoms with Crippen molar-refractivity contribution in [3.8, 4) is 11.6 Å². The quantitative estimate of drug-likeness (QED) is 0.330. The van der Waals surface area contributed by atoms with Gasteiger partial charge in [0.25, 0.3) is 5.91 Å². The number of carbonyl (C=O) groups excluding carboxylic acids is 2. The van der Waals surface area contributed by atoms with E-state index in [1.54, 1.807) is 0 Å². The van der Waals surface area contributed by atoms with Crippen LogP contribution in [0.25, 0.3) is 0 Å². The molecular formula is C19H14FN5O6. The number of aromatic nitrogens is 2. The lowest BCUT2D eigenvalue weighted by Crippen LogP contribution is -2.30. The largest absolute Gasteiger partial charge is 0.465 e. The van der Waals surface area contributed by atoms with Crippen LogP contribution in [0.1, 0.15) is 20.7 Å². The van der Waals surface area contributed by atoms with Gasteiger partial charge in [-0.05, 0) is 48.5 Å². The maximum atomic E-state index is 13.0. The second kappa shape index (κ2) is 9.26. The number of benzene rings is 2. The molecule has 0 bridgehead atoms. The van der Waals surface area contributed by atoms with Crippen molar-refractivity contribution < 1.29 is 28.4 Å². The average Bonchev–Trinajstić information content (AvgIpc) is 2.77. The van der Waals surface area contributed by atoms with Crippen LogP contribution in [-0.4, -0.2) is 33.9 Å². The average molecular weight is 427 g/mol. The number of anilines is 1. The summed E-state index contributed by atoms with van der Waals surface area (Å²) in [4.78, 5) is 41.9. The number of nitro groups is 1. The van der Waals surface area contributed by atoms with Gasteiger partial charge in [-0.15, -0.1) is 0 Å². The highest BCUT2D eigenvalue weighted by atomic mass is 19.1. The number of methoxy groups -OCH3 is 1. The van der Waals surface area contributed by atoms with Gasteiger partial charge in [0.05, 0.1) is 17.6 Å². The molecule has 3 aromatic rings. The molecule has 158 valence electrons. The van der Waals surface area contributed by atoms with Crippen molar-refractivity contribution in [3.63, 3.8) is 0 Å². The zero-order chi connectivity index (χ0) is 22.4. The number of amides is 1. The SMILES string of the molecule is COC(=O)c1ccc(Oc2ncnc(NNC(=O)c3ccc(F)cc3)c2[N+](=O)[O-])cc1. The van der Waals surface area contributed by atoms with Crippen molar-refractivity contribution in [1.29, 1.82) is 0 Å². The number of hydrogen-bond acceptors (Lipinski definition) is 9. The Balaban J connectivity index is 1.79. The zero-order valence-corrected chi connectivity index (χ0v) is 15.9. The fourth-order valence-electron chi connectivity index (χ4n) is 2.37. The molecule has 3 rings (SSSR count). The molecule has 31 heavy (non-hydrogen) atoms. The number of ether oxygens (including phenoxy) is 2. The molecule has 1 aromatic heterocycles. The minimum Gasteiger partial charge on any atom is -0.465 e. The molecule has 11 nitrogen and oxygen atoms in total. The van der Waals surface area contributed by atoms with Crippen LogP contribution >= 0.6 is 0 Å². The predicted octanol–water partition coefficient (Wildman–Crippen LogP) is 2.86. The Morgan fingerprint density at radius 2 is 1.68 bits per heavy atom. The summed E-state index contributed by atoms with van der Waals surface area (Å²) in [6.07, 6.45) is 0.998. The van der Waals surface area contributed by atoms with Gasteiger partial charge in [-0.3, -0.25) is 25.8 Å². The monoisotopic (exact) mass is 427 g/mol. The summed E-state index contributed by atoms with van der Waals surface area (Å²) in [6, 6.07) is 10.3. The maximum Gasteiger partial charge on any atom is 0.374 e. The fourth-order valence-corrected chi connectivity index (χ4v) is 2.37. The van der Waals surface area contributed by atoms with Gasteiger partial charge in [0.15, 0.2) is 0 Å². The van der Waals surface area contributed by atoms with Crippen LogP contribution < -0.4 is 15.6 Å². The molecule has 0 atom stereocenters. The Hall–Kier alpha value is -4.61. The Labute approximate surface area is 174 Å². The minimum atomic E-state index is -0.787. The molecule has 2 aromatic carbocycles. The summed E-state index contributed by atoms with van der Waals surface area (Å²) in [6.45, 7) is 0. The summed E-state index contributed by atoms with van der Waals surface area (Å²) < 4.78 is 23.0. The van der Waals surface area contributed by atoms with E-state index in [9.17, 15) is 24.1 Å². The van der Waals surface area contributed by atoms with E-state index in [-0.39, 0.29) is 22.7 Å². The number of hydrazine groups is 1. The van der Waals surface area contributed by atoms with Crippen LogP contribution in [0.4, 0.5) is 15.9 Å². The standard InChI is InChI=1S/C19H14FN5O6/c1-30-19(27)12-4-8-14(9-5-12)31-18-15(25(28)29)16(21-10-22-18)23-24-17(26)11-2-6-13(20)7-3-11/h2-10H,1H3,(H,24,26)(H,21,22,23). The number of nitrogens with one attached hydrogen (secondary N) is 2. The smallest absolute Gasteiger partial charge is 0.374 e. The summed E-state index contributed by atoms with van der Waals surface area (Å²) in [5.74, 6) is -2.31. The highest BCUT2D eigenvalue weighted by Gasteiger charge is 2.25. The van der Waals surface area contributed by atoms with Gasteiger partial charge in [0.1, 0.15) is 17.9 Å². The first kappa shape index (κ1) is 21.1. The summed E-state index contributed by atoms with van der Waals surface area (Å²) >= 11 is 0. The Bertz CT molecular complexity index is 1120. The molecule has 0 unspecified atom stereocenters. The number of halogens is 1. The van der Waals surface area contributed by atoms with Crippen molar-refractivity contribution in [2.24, 2.45) is 0 Å². The molecule has 2 N–H and O–H groups in total. The van der Waals surface area contributed by atoms with Crippen LogP contribution in [0, 0.1) is 15.9 Å². The first-order valence-electron chi connectivity index (χ1n) is 8.56. The third-order valence-corrected chi connectivity index (χ3v) is 3.86. The molecule has 0 aliphatic rings. The van der Waals surface area contributed by atoms with Crippen LogP contribution in [0.15, 0.2) is 54.9 Å². The molecule has 1 amide bonds. The van der Waals surface area contributed by atoms with Crippen molar-refractivity contribution in [2.75, 3.05) is 12.5 Å². The van der Waals surface area contributed by atoms with E-state index < -0.39 is 34.2 Å². The second-order valence-electron chi connectivity index (χ2n) is 5.84. The highest BCUT2D eigenvalue weighted by molar-refractivity contribution is 5.95. The Morgan fingerprint density at radius 3 is 2.29 bits per heavy atom. The lowest BCUT2D eigenvalue weighted by Gasteiger charge is -2.10. The van der Waals surface area contributed by atoms with Crippen molar-refractivity contribution in [2.45, 2.75) is 0 Å². The molecule has 0 saturated heterocycles. The predicted molar refractivity (Wildman–Crippen MR) is 104 cm³/mol. The topological polar surface area (TPSA) is 146 Å². The molecule has 12 heteroatoms. The number of nitrogens with zero attached hydrogens (tertiary/aromatic N) is 3. The third-order valence-electron chi connectivity index (χ3n) is 3.86. The third kappa shape index (κ3) is 5.06. The summed E-state index contributed by atoms with van der Waals surface area (Å²) in [7, 11) is 1.24. The minimum absolute atomic E-state index is 0.118. The first-order valence-corrected chi connectivity index (χ1v) is 8.56. The van der Waals surface area contributed by atoms with E-state index in [1.807, 2.05) is 0 Å². The van der Waals surface area contributed by atoms with E-state index >= 15 is 0 Å². The fraction of sp³-hybridized carbons (Fsp3) is 0.0526. The first-order chi connectivity index (χ1) is 14.9. The molecule has 0 aliphatic heterocycles. The molecule has 0 aliphatic carbocycles. The van der Waals surface area contributed by atoms with Gasteiger partial charge in [-0.25, -0.2) is 14.2 Å². The van der Waals surface area contributed by atoms with E-state index in [2.05, 4.69) is 25.6 Å². The number of carbonyl (C=O) groups is 2. The lowest BCUT2D eigenvalue weighted by atomic mass is 10.2. The molecule has 0 fully saturated rings. The second-order valence-corrected chi connectivity index (χ2v) is 5.84. The summed E-state index contributed by atoms with van der Waals surface area (Å²) in [5, 5.41) is 11.6.